The van der Waals surface area contributed by atoms with Crippen LogP contribution in [0.1, 0.15) is 40.0 Å². The van der Waals surface area contributed by atoms with E-state index < -0.39 is 0 Å². The number of nitrogens with zero attached hydrogens (tertiary/aromatic N) is 1. The maximum atomic E-state index is 11.9. The van der Waals surface area contributed by atoms with Gasteiger partial charge in [0.05, 0.1) is 6.04 Å². The highest BCUT2D eigenvalue weighted by Crippen LogP contribution is 2.20. The normalized spacial score (nSPS) is 25.3. The first-order valence-electron chi connectivity index (χ1n) is 6.83. The number of piperidine rings is 1. The lowest BCUT2D eigenvalue weighted by atomic mass is 9.91. The smallest absolute Gasteiger partial charge is 0.237 e. The summed E-state index contributed by atoms with van der Waals surface area (Å²) in [7, 11) is 0. The van der Waals surface area contributed by atoms with Crippen LogP contribution in [0.4, 0.5) is 0 Å². The number of likely N-dealkylation sites (tertiary alicyclic amines) is 1. The van der Waals surface area contributed by atoms with Crippen molar-refractivity contribution in [1.29, 1.82) is 0 Å². The first-order valence-corrected chi connectivity index (χ1v) is 6.83. The summed E-state index contributed by atoms with van der Waals surface area (Å²) in [6, 6.07) is 0.201. The molecule has 1 amide bonds. The van der Waals surface area contributed by atoms with Crippen molar-refractivity contribution in [3.05, 3.63) is 0 Å². The molecule has 0 radical (unpaired) electrons. The molecular weight excluding hydrogens is 214 g/mol. The fourth-order valence-electron chi connectivity index (χ4n) is 2.38. The molecule has 1 saturated heterocycles. The van der Waals surface area contributed by atoms with Crippen LogP contribution in [-0.4, -0.2) is 42.5 Å². The summed E-state index contributed by atoms with van der Waals surface area (Å²) in [6.07, 6.45) is 3.33. The molecule has 100 valence electrons. The fourth-order valence-corrected chi connectivity index (χ4v) is 2.38. The van der Waals surface area contributed by atoms with Gasteiger partial charge in [-0.05, 0) is 45.6 Å². The van der Waals surface area contributed by atoms with E-state index in [0.717, 1.165) is 32.5 Å². The molecule has 0 aromatic heterocycles. The highest BCUT2D eigenvalue weighted by molar-refractivity contribution is 5.81. The maximum Gasteiger partial charge on any atom is 0.237 e. The Morgan fingerprint density at radius 1 is 1.53 bits per heavy atom. The molecule has 0 aliphatic carbocycles. The van der Waals surface area contributed by atoms with E-state index >= 15 is 0 Å². The van der Waals surface area contributed by atoms with E-state index in [-0.39, 0.29) is 18.0 Å². The Labute approximate surface area is 105 Å². The van der Waals surface area contributed by atoms with E-state index in [1.54, 1.807) is 0 Å². The minimum atomic E-state index is -0.0249. The zero-order chi connectivity index (χ0) is 12.8. The summed E-state index contributed by atoms with van der Waals surface area (Å²) in [4.78, 5) is 14.2. The summed E-state index contributed by atoms with van der Waals surface area (Å²) in [5, 5.41) is 2.96. The molecule has 1 rings (SSSR count). The molecular formula is C13H27N3O. The fraction of sp³-hybridized carbons (Fsp3) is 0.923. The van der Waals surface area contributed by atoms with Gasteiger partial charge in [-0.25, -0.2) is 0 Å². The van der Waals surface area contributed by atoms with Gasteiger partial charge in [0.1, 0.15) is 0 Å². The standard InChI is InChI=1S/C13H27N3O/c1-4-7-15-13(17)11(3)16-8-5-6-12(9-16)10(2)14/h10-12H,4-9,14H2,1-3H3,(H,15,17). The number of nitrogens with two attached hydrogens (primary N) is 1. The monoisotopic (exact) mass is 241 g/mol. The predicted octanol–water partition coefficient (Wildman–Crippen LogP) is 0.960. The van der Waals surface area contributed by atoms with Gasteiger partial charge in [0, 0.05) is 19.1 Å². The van der Waals surface area contributed by atoms with Crippen molar-refractivity contribution in [2.45, 2.75) is 52.1 Å². The molecule has 17 heavy (non-hydrogen) atoms. The van der Waals surface area contributed by atoms with Gasteiger partial charge in [-0.2, -0.15) is 0 Å². The van der Waals surface area contributed by atoms with E-state index in [1.165, 1.54) is 6.42 Å². The van der Waals surface area contributed by atoms with Crippen LogP contribution in [0.3, 0.4) is 0 Å². The Bertz CT molecular complexity index is 243. The topological polar surface area (TPSA) is 58.4 Å². The zero-order valence-corrected chi connectivity index (χ0v) is 11.4. The van der Waals surface area contributed by atoms with Crippen molar-refractivity contribution in [2.24, 2.45) is 11.7 Å². The Kier molecular flexibility index (Phi) is 5.92. The lowest BCUT2D eigenvalue weighted by molar-refractivity contribution is -0.126. The van der Waals surface area contributed by atoms with Gasteiger partial charge in [0.2, 0.25) is 5.91 Å². The summed E-state index contributed by atoms with van der Waals surface area (Å²) in [5.41, 5.74) is 5.96. The SMILES string of the molecule is CCCNC(=O)C(C)N1CCCC(C(C)N)C1. The Balaban J connectivity index is 2.45. The van der Waals surface area contributed by atoms with E-state index in [2.05, 4.69) is 24.1 Å². The van der Waals surface area contributed by atoms with E-state index in [0.29, 0.717) is 5.92 Å². The molecule has 0 spiro atoms. The second kappa shape index (κ2) is 6.97. The van der Waals surface area contributed by atoms with E-state index in [4.69, 9.17) is 5.73 Å². The molecule has 4 heteroatoms. The molecule has 1 fully saturated rings. The largest absolute Gasteiger partial charge is 0.355 e. The van der Waals surface area contributed by atoms with Crippen LogP contribution >= 0.6 is 0 Å². The number of rotatable bonds is 5. The number of hydrogen-bond acceptors (Lipinski definition) is 3. The van der Waals surface area contributed by atoms with Gasteiger partial charge in [0.15, 0.2) is 0 Å². The summed E-state index contributed by atoms with van der Waals surface area (Å²) >= 11 is 0. The molecule has 0 saturated carbocycles. The third-order valence-corrected chi connectivity index (χ3v) is 3.71. The quantitative estimate of drug-likeness (QED) is 0.754. The highest BCUT2D eigenvalue weighted by Gasteiger charge is 2.28. The number of carbonyl (C=O) groups excluding carboxylic acids is 1. The van der Waals surface area contributed by atoms with Crippen molar-refractivity contribution in [3.8, 4) is 0 Å². The Morgan fingerprint density at radius 3 is 2.82 bits per heavy atom. The van der Waals surface area contributed by atoms with Gasteiger partial charge in [-0.1, -0.05) is 6.92 Å². The van der Waals surface area contributed by atoms with Gasteiger partial charge < -0.3 is 11.1 Å². The average Bonchev–Trinajstić information content (AvgIpc) is 2.35. The molecule has 0 bridgehead atoms. The van der Waals surface area contributed by atoms with Gasteiger partial charge >= 0.3 is 0 Å². The van der Waals surface area contributed by atoms with Crippen molar-refractivity contribution in [1.82, 2.24) is 10.2 Å². The molecule has 1 aliphatic heterocycles. The van der Waals surface area contributed by atoms with Crippen molar-refractivity contribution in [3.63, 3.8) is 0 Å². The van der Waals surface area contributed by atoms with E-state index in [1.807, 2.05) is 6.92 Å². The molecule has 1 heterocycles. The van der Waals surface area contributed by atoms with Crippen LogP contribution in [0.2, 0.25) is 0 Å². The lowest BCUT2D eigenvalue weighted by Crippen LogP contribution is -2.51. The highest BCUT2D eigenvalue weighted by atomic mass is 16.2. The summed E-state index contributed by atoms with van der Waals surface area (Å²) < 4.78 is 0. The first kappa shape index (κ1) is 14.5. The second-order valence-corrected chi connectivity index (χ2v) is 5.22. The molecule has 3 atom stereocenters. The van der Waals surface area contributed by atoms with Crippen LogP contribution in [0.5, 0.6) is 0 Å². The second-order valence-electron chi connectivity index (χ2n) is 5.22. The van der Waals surface area contributed by atoms with E-state index in [9.17, 15) is 4.79 Å². The molecule has 1 aliphatic rings. The maximum absolute atomic E-state index is 11.9. The van der Waals surface area contributed by atoms with Crippen LogP contribution in [-0.2, 0) is 4.79 Å². The Morgan fingerprint density at radius 2 is 2.24 bits per heavy atom. The lowest BCUT2D eigenvalue weighted by Gasteiger charge is -2.37. The van der Waals surface area contributed by atoms with Crippen molar-refractivity contribution >= 4 is 5.91 Å². The first-order chi connectivity index (χ1) is 8.06. The average molecular weight is 241 g/mol. The van der Waals surface area contributed by atoms with Gasteiger partial charge in [0.25, 0.3) is 0 Å². The van der Waals surface area contributed by atoms with Crippen LogP contribution in [0.25, 0.3) is 0 Å². The number of amides is 1. The van der Waals surface area contributed by atoms with Gasteiger partial charge in [-0.3, -0.25) is 9.69 Å². The molecule has 0 aromatic carbocycles. The number of hydrogen-bond donors (Lipinski definition) is 2. The summed E-state index contributed by atoms with van der Waals surface area (Å²) in [5.74, 6) is 0.683. The minimum absolute atomic E-state index is 0.0249. The molecule has 3 N–H and O–H groups in total. The zero-order valence-electron chi connectivity index (χ0n) is 11.4. The third-order valence-electron chi connectivity index (χ3n) is 3.71. The van der Waals surface area contributed by atoms with Crippen molar-refractivity contribution in [2.75, 3.05) is 19.6 Å². The third kappa shape index (κ3) is 4.28. The number of carbonyl (C=O) groups is 1. The van der Waals surface area contributed by atoms with Gasteiger partial charge in [-0.15, -0.1) is 0 Å². The Hall–Kier alpha value is -0.610. The molecule has 4 nitrogen and oxygen atoms in total. The van der Waals surface area contributed by atoms with Crippen LogP contribution in [0, 0.1) is 5.92 Å². The molecule has 3 unspecified atom stereocenters. The van der Waals surface area contributed by atoms with Crippen LogP contribution in [0.15, 0.2) is 0 Å². The molecule has 0 aromatic rings. The van der Waals surface area contributed by atoms with Crippen LogP contribution < -0.4 is 11.1 Å². The van der Waals surface area contributed by atoms with Crippen molar-refractivity contribution < 1.29 is 4.79 Å². The number of nitrogens with one attached hydrogen (secondary N) is 1. The predicted molar refractivity (Wildman–Crippen MR) is 70.7 cm³/mol. The minimum Gasteiger partial charge on any atom is -0.355 e. The summed E-state index contributed by atoms with van der Waals surface area (Å²) in [6.45, 7) is 8.87.